The molecule has 0 saturated heterocycles. The van der Waals surface area contributed by atoms with Gasteiger partial charge in [-0.15, -0.1) is 0 Å². The first kappa shape index (κ1) is 17.5. The smallest absolute Gasteiger partial charge is 0.310 e. The molecule has 0 aliphatic carbocycles. The largest absolute Gasteiger partial charge is 0.507 e. The van der Waals surface area contributed by atoms with Crippen molar-refractivity contribution in [3.05, 3.63) is 50.4 Å². The van der Waals surface area contributed by atoms with Crippen LogP contribution in [0.25, 0.3) is 0 Å². The van der Waals surface area contributed by atoms with Gasteiger partial charge in [0.15, 0.2) is 12.0 Å². The van der Waals surface area contributed by atoms with Crippen molar-refractivity contribution in [2.75, 3.05) is 0 Å². The van der Waals surface area contributed by atoms with E-state index in [1.54, 1.807) is 19.1 Å². The number of carboxylic acid groups (broad SMARTS) is 1. The summed E-state index contributed by atoms with van der Waals surface area (Å²) in [6.45, 7) is 1.59. The molecule has 5 nitrogen and oxygen atoms in total. The number of phenols is 1. The third kappa shape index (κ3) is 3.92. The maximum Gasteiger partial charge on any atom is 0.310 e. The topological polar surface area (TPSA) is 83.8 Å². The van der Waals surface area contributed by atoms with Crippen LogP contribution in [0.1, 0.15) is 28.8 Å². The molecular formula is C16H12Br2O5. The minimum atomic E-state index is -0.924. The molecule has 0 aromatic heterocycles. The maximum atomic E-state index is 11.1. The van der Waals surface area contributed by atoms with Crippen molar-refractivity contribution < 1.29 is 24.5 Å². The van der Waals surface area contributed by atoms with Gasteiger partial charge in [-0.3, -0.25) is 9.59 Å². The van der Waals surface area contributed by atoms with E-state index in [0.29, 0.717) is 32.3 Å². The highest BCUT2D eigenvalue weighted by molar-refractivity contribution is 9.11. The van der Waals surface area contributed by atoms with Crippen molar-refractivity contribution in [2.45, 2.75) is 12.8 Å². The molecule has 2 rings (SSSR count). The Morgan fingerprint density at radius 1 is 1.22 bits per heavy atom. The van der Waals surface area contributed by atoms with Crippen LogP contribution >= 0.6 is 31.9 Å². The Balaban J connectivity index is 2.37. The molecule has 0 spiro atoms. The van der Waals surface area contributed by atoms with Gasteiger partial charge < -0.3 is 14.9 Å². The van der Waals surface area contributed by atoms with E-state index in [1.165, 1.54) is 18.2 Å². The molecule has 0 aliphatic rings. The number of aldehydes is 1. The molecule has 0 saturated carbocycles. The Labute approximate surface area is 149 Å². The summed E-state index contributed by atoms with van der Waals surface area (Å²) < 4.78 is 6.85. The standard InChI is InChI=1S/C16H12Br2O5/c1-8(16(21)22)9-5-12(17)15(13(18)6-9)23-11-2-3-14(20)10(4-11)7-19/h2-8,20H,1H3,(H,21,22). The van der Waals surface area contributed by atoms with Crippen LogP contribution in [0.4, 0.5) is 0 Å². The number of halogens is 2. The van der Waals surface area contributed by atoms with E-state index in [0.717, 1.165) is 0 Å². The van der Waals surface area contributed by atoms with Crippen LogP contribution in [0, 0.1) is 0 Å². The fourth-order valence-corrected chi connectivity index (χ4v) is 3.26. The second kappa shape index (κ2) is 7.14. The number of carbonyl (C=O) groups excluding carboxylic acids is 1. The van der Waals surface area contributed by atoms with Crippen LogP contribution in [0.2, 0.25) is 0 Å². The number of benzene rings is 2. The number of ether oxygens (including phenoxy) is 1. The fourth-order valence-electron chi connectivity index (χ4n) is 1.88. The van der Waals surface area contributed by atoms with Gasteiger partial charge in [0, 0.05) is 0 Å². The monoisotopic (exact) mass is 442 g/mol. The number of aromatic hydroxyl groups is 1. The Bertz CT molecular complexity index is 750. The zero-order valence-electron chi connectivity index (χ0n) is 11.9. The Morgan fingerprint density at radius 3 is 2.35 bits per heavy atom. The zero-order chi connectivity index (χ0) is 17.1. The van der Waals surface area contributed by atoms with Gasteiger partial charge in [0.2, 0.25) is 0 Å². The number of carbonyl (C=O) groups is 2. The van der Waals surface area contributed by atoms with Crippen LogP contribution in [-0.4, -0.2) is 22.5 Å². The first-order valence-electron chi connectivity index (χ1n) is 6.51. The van der Waals surface area contributed by atoms with E-state index in [9.17, 15) is 14.7 Å². The van der Waals surface area contributed by atoms with Crippen molar-refractivity contribution in [1.82, 2.24) is 0 Å². The second-order valence-electron chi connectivity index (χ2n) is 4.81. The predicted molar refractivity (Wildman–Crippen MR) is 91.5 cm³/mol. The molecule has 1 atom stereocenters. The highest BCUT2D eigenvalue weighted by Crippen LogP contribution is 2.39. The summed E-state index contributed by atoms with van der Waals surface area (Å²) in [6, 6.07) is 7.63. The zero-order valence-corrected chi connectivity index (χ0v) is 15.1. The third-order valence-electron chi connectivity index (χ3n) is 3.24. The highest BCUT2D eigenvalue weighted by atomic mass is 79.9. The van der Waals surface area contributed by atoms with Crippen molar-refractivity contribution in [3.8, 4) is 17.2 Å². The average molecular weight is 444 g/mol. The number of hydrogen-bond acceptors (Lipinski definition) is 4. The molecule has 2 N–H and O–H groups in total. The van der Waals surface area contributed by atoms with Gasteiger partial charge in [0.1, 0.15) is 11.5 Å². The first-order chi connectivity index (χ1) is 10.8. The van der Waals surface area contributed by atoms with Gasteiger partial charge in [0.25, 0.3) is 0 Å². The van der Waals surface area contributed by atoms with Crippen LogP contribution in [0.15, 0.2) is 39.3 Å². The van der Waals surface area contributed by atoms with Gasteiger partial charge in [0.05, 0.1) is 20.4 Å². The summed E-state index contributed by atoms with van der Waals surface area (Å²) in [5, 5.41) is 18.6. The Hall–Kier alpha value is -1.86. The molecule has 2 aromatic carbocycles. The summed E-state index contributed by atoms with van der Waals surface area (Å²) in [6.07, 6.45) is 0.532. The molecule has 2 aromatic rings. The third-order valence-corrected chi connectivity index (χ3v) is 4.41. The van der Waals surface area contributed by atoms with E-state index in [1.807, 2.05) is 0 Å². The average Bonchev–Trinajstić information content (AvgIpc) is 2.51. The van der Waals surface area contributed by atoms with E-state index >= 15 is 0 Å². The van der Waals surface area contributed by atoms with Crippen LogP contribution in [0.5, 0.6) is 17.2 Å². The molecule has 0 fully saturated rings. The summed E-state index contributed by atoms with van der Waals surface area (Å²) in [4.78, 5) is 21.9. The lowest BCUT2D eigenvalue weighted by Gasteiger charge is -2.14. The lowest BCUT2D eigenvalue weighted by Crippen LogP contribution is -2.07. The summed E-state index contributed by atoms with van der Waals surface area (Å²) in [5.74, 6) is -0.908. The maximum absolute atomic E-state index is 11.1. The SMILES string of the molecule is CC(C(=O)O)c1cc(Br)c(Oc2ccc(O)c(C=O)c2)c(Br)c1. The molecule has 23 heavy (non-hydrogen) atoms. The molecule has 0 aliphatic heterocycles. The van der Waals surface area contributed by atoms with E-state index in [4.69, 9.17) is 9.84 Å². The van der Waals surface area contributed by atoms with Gasteiger partial charge in [-0.1, -0.05) is 0 Å². The van der Waals surface area contributed by atoms with Crippen molar-refractivity contribution in [2.24, 2.45) is 0 Å². The number of carboxylic acids is 1. The minimum Gasteiger partial charge on any atom is -0.507 e. The van der Waals surface area contributed by atoms with Gasteiger partial charge in [-0.05, 0) is 74.7 Å². The van der Waals surface area contributed by atoms with Gasteiger partial charge in [-0.25, -0.2) is 0 Å². The van der Waals surface area contributed by atoms with E-state index in [2.05, 4.69) is 31.9 Å². The summed E-state index contributed by atoms with van der Waals surface area (Å²) in [7, 11) is 0. The summed E-state index contributed by atoms with van der Waals surface area (Å²) >= 11 is 6.71. The van der Waals surface area contributed by atoms with Crippen LogP contribution in [0.3, 0.4) is 0 Å². The number of aliphatic carboxylic acids is 1. The lowest BCUT2D eigenvalue weighted by atomic mass is 10.0. The molecule has 0 radical (unpaired) electrons. The molecule has 0 heterocycles. The van der Waals surface area contributed by atoms with E-state index in [-0.39, 0.29) is 11.3 Å². The predicted octanol–water partition coefficient (Wildman–Crippen LogP) is 4.71. The summed E-state index contributed by atoms with van der Waals surface area (Å²) in [5.41, 5.74) is 0.730. The molecule has 1 unspecified atom stereocenters. The molecule has 0 amide bonds. The molecule has 120 valence electrons. The number of phenolic OH excluding ortho intramolecular Hbond substituents is 1. The van der Waals surface area contributed by atoms with Gasteiger partial charge >= 0.3 is 5.97 Å². The highest BCUT2D eigenvalue weighted by Gasteiger charge is 2.18. The van der Waals surface area contributed by atoms with Crippen LogP contribution < -0.4 is 4.74 Å². The molecule has 0 bridgehead atoms. The van der Waals surface area contributed by atoms with Crippen LogP contribution in [-0.2, 0) is 4.79 Å². The quantitative estimate of drug-likeness (QED) is 0.653. The van der Waals surface area contributed by atoms with Crippen molar-refractivity contribution >= 4 is 44.1 Å². The lowest BCUT2D eigenvalue weighted by molar-refractivity contribution is -0.138. The first-order valence-corrected chi connectivity index (χ1v) is 8.10. The van der Waals surface area contributed by atoms with Crippen molar-refractivity contribution in [3.63, 3.8) is 0 Å². The number of rotatable bonds is 5. The Kier molecular flexibility index (Phi) is 5.43. The second-order valence-corrected chi connectivity index (χ2v) is 6.52. The number of hydrogen-bond donors (Lipinski definition) is 2. The minimum absolute atomic E-state index is 0.117. The molecular weight excluding hydrogens is 432 g/mol. The Morgan fingerprint density at radius 2 is 1.83 bits per heavy atom. The fraction of sp³-hybridized carbons (Fsp3) is 0.125. The van der Waals surface area contributed by atoms with Crippen molar-refractivity contribution in [1.29, 1.82) is 0 Å². The van der Waals surface area contributed by atoms with E-state index < -0.39 is 11.9 Å². The normalized spacial score (nSPS) is 11.8. The molecule has 7 heteroatoms. The van der Waals surface area contributed by atoms with Gasteiger partial charge in [-0.2, -0.15) is 0 Å².